The Bertz CT molecular complexity index is 1410. The molecule has 0 bridgehead atoms. The molecule has 10 heteroatoms. The summed E-state index contributed by atoms with van der Waals surface area (Å²) in [5.74, 6) is 1.73. The van der Waals surface area contributed by atoms with Gasteiger partial charge in [0.1, 0.15) is 17.7 Å². The van der Waals surface area contributed by atoms with Crippen molar-refractivity contribution >= 4 is 27.7 Å². The van der Waals surface area contributed by atoms with Crippen molar-refractivity contribution in [1.29, 1.82) is 0 Å². The van der Waals surface area contributed by atoms with Gasteiger partial charge in [-0.2, -0.15) is 0 Å². The van der Waals surface area contributed by atoms with E-state index in [4.69, 9.17) is 9.47 Å². The summed E-state index contributed by atoms with van der Waals surface area (Å²) in [6.07, 6.45) is 0. The zero-order chi connectivity index (χ0) is 26.5. The molecule has 0 aliphatic carbocycles. The van der Waals surface area contributed by atoms with E-state index < -0.39 is 5.25 Å². The monoisotopic (exact) mass is 582 g/mol. The van der Waals surface area contributed by atoms with Crippen LogP contribution in [0.25, 0.3) is 5.69 Å². The number of halogens is 1. The summed E-state index contributed by atoms with van der Waals surface area (Å²) in [7, 11) is 1.55. The number of hydrogen-bond acceptors (Lipinski definition) is 7. The number of ether oxygens (including phenoxy) is 2. The quantitative estimate of drug-likeness (QED) is 0.117. The number of aromatic nitrogens is 3. The van der Waals surface area contributed by atoms with Gasteiger partial charge in [-0.15, -0.1) is 10.2 Å². The van der Waals surface area contributed by atoms with Crippen LogP contribution in [0, 0.1) is 30.9 Å². The minimum absolute atomic E-state index is 0.302. The molecular formula is C27H27BrN4O4S. The highest BCUT2D eigenvalue weighted by Gasteiger charge is 2.26. The second-order valence-electron chi connectivity index (χ2n) is 8.56. The Kier molecular flexibility index (Phi) is 8.50. The average molecular weight is 584 g/mol. The first-order valence-corrected chi connectivity index (χ1v) is 13.3. The smallest absolute Gasteiger partial charge is 0.220 e. The van der Waals surface area contributed by atoms with Crippen molar-refractivity contribution in [3.8, 4) is 17.2 Å². The van der Waals surface area contributed by atoms with E-state index >= 15 is 0 Å². The highest BCUT2D eigenvalue weighted by Crippen LogP contribution is 2.43. The molecule has 8 nitrogen and oxygen atoms in total. The number of thioether (sulfide) groups is 1. The lowest BCUT2D eigenvalue weighted by atomic mass is 10.1. The van der Waals surface area contributed by atoms with Gasteiger partial charge in [-0.25, -0.2) is 0 Å². The molecule has 0 fully saturated rings. The molecule has 192 valence electrons. The molecule has 0 amide bonds. The summed E-state index contributed by atoms with van der Waals surface area (Å²) in [5.41, 5.74) is 4.97. The largest absolute Gasteiger partial charge is 0.493 e. The number of methoxy groups -OCH3 is 1. The molecule has 1 aromatic heterocycles. The SMILES string of the molecule is COc1cc([C@@H](C[N+](=O)[O-])Sc2nnc(C)n2-c2ccc(C)c(C)c2)cc(Br)c1OCc1ccccc1. The number of benzene rings is 3. The summed E-state index contributed by atoms with van der Waals surface area (Å²) >= 11 is 4.88. The first kappa shape index (κ1) is 26.7. The van der Waals surface area contributed by atoms with Gasteiger partial charge in [0.25, 0.3) is 0 Å². The number of aryl methyl sites for hydroxylation is 3. The molecule has 37 heavy (non-hydrogen) atoms. The van der Waals surface area contributed by atoms with Crippen LogP contribution >= 0.6 is 27.7 Å². The lowest BCUT2D eigenvalue weighted by Gasteiger charge is -2.18. The van der Waals surface area contributed by atoms with Gasteiger partial charge in [0.2, 0.25) is 6.54 Å². The third-order valence-electron chi connectivity index (χ3n) is 5.96. The number of rotatable bonds is 10. The lowest BCUT2D eigenvalue weighted by Crippen LogP contribution is -2.12. The zero-order valence-corrected chi connectivity index (χ0v) is 23.4. The van der Waals surface area contributed by atoms with Crippen LogP contribution in [0.1, 0.15) is 33.3 Å². The minimum atomic E-state index is -0.544. The fourth-order valence-electron chi connectivity index (χ4n) is 3.85. The Morgan fingerprint density at radius 3 is 2.49 bits per heavy atom. The second-order valence-corrected chi connectivity index (χ2v) is 10.6. The van der Waals surface area contributed by atoms with Gasteiger partial charge in [-0.05, 0) is 83.2 Å². The minimum Gasteiger partial charge on any atom is -0.493 e. The molecule has 0 unspecified atom stereocenters. The molecule has 4 rings (SSSR count). The Morgan fingerprint density at radius 2 is 1.81 bits per heavy atom. The van der Waals surface area contributed by atoms with E-state index in [0.29, 0.717) is 39.1 Å². The number of nitrogens with zero attached hydrogens (tertiary/aromatic N) is 4. The van der Waals surface area contributed by atoms with Gasteiger partial charge in [0, 0.05) is 10.6 Å². The van der Waals surface area contributed by atoms with Crippen molar-refractivity contribution in [2.75, 3.05) is 13.7 Å². The van der Waals surface area contributed by atoms with E-state index in [1.54, 1.807) is 13.2 Å². The van der Waals surface area contributed by atoms with Crippen LogP contribution in [0.4, 0.5) is 0 Å². The summed E-state index contributed by atoms with van der Waals surface area (Å²) in [6.45, 7) is 6.03. The van der Waals surface area contributed by atoms with Crippen molar-refractivity contribution in [1.82, 2.24) is 14.8 Å². The summed E-state index contributed by atoms with van der Waals surface area (Å²) < 4.78 is 14.2. The van der Waals surface area contributed by atoms with Gasteiger partial charge >= 0.3 is 0 Å². The topological polar surface area (TPSA) is 92.3 Å². The number of hydrogen-bond donors (Lipinski definition) is 0. The molecular weight excluding hydrogens is 556 g/mol. The van der Waals surface area contributed by atoms with E-state index in [9.17, 15) is 10.1 Å². The van der Waals surface area contributed by atoms with Crippen molar-refractivity contribution in [2.45, 2.75) is 37.8 Å². The van der Waals surface area contributed by atoms with E-state index in [2.05, 4.69) is 39.1 Å². The first-order valence-electron chi connectivity index (χ1n) is 11.6. The fraction of sp³-hybridized carbons (Fsp3) is 0.259. The van der Waals surface area contributed by atoms with E-state index in [0.717, 1.165) is 16.8 Å². The molecule has 4 aromatic rings. The Morgan fingerprint density at radius 1 is 1.05 bits per heavy atom. The maximum Gasteiger partial charge on any atom is 0.220 e. The van der Waals surface area contributed by atoms with E-state index in [1.165, 1.54) is 17.3 Å². The van der Waals surface area contributed by atoms with Gasteiger partial charge in [0.05, 0.1) is 11.6 Å². The van der Waals surface area contributed by atoms with Crippen LogP contribution < -0.4 is 9.47 Å². The van der Waals surface area contributed by atoms with Crippen LogP contribution in [0.5, 0.6) is 11.5 Å². The standard InChI is InChI=1S/C27H27BrN4O4S/c1-17-10-11-22(12-18(17)2)32-19(3)29-30-27(32)37-25(15-31(33)34)21-13-23(28)26(24(14-21)35-4)36-16-20-8-6-5-7-9-20/h5-14,25H,15-16H2,1-4H3/t25-/m1/s1. The molecule has 0 radical (unpaired) electrons. The molecule has 0 spiro atoms. The summed E-state index contributed by atoms with van der Waals surface area (Å²) in [5, 5.41) is 20.3. The summed E-state index contributed by atoms with van der Waals surface area (Å²) in [6, 6.07) is 19.5. The van der Waals surface area contributed by atoms with Crippen molar-refractivity contribution in [3.63, 3.8) is 0 Å². The molecule has 3 aromatic carbocycles. The molecule has 0 saturated carbocycles. The zero-order valence-electron chi connectivity index (χ0n) is 21.0. The van der Waals surface area contributed by atoms with Crippen LogP contribution in [-0.4, -0.2) is 33.3 Å². The molecule has 1 heterocycles. The molecule has 0 N–H and O–H groups in total. The molecule has 0 aliphatic heterocycles. The van der Waals surface area contributed by atoms with Crippen molar-refractivity contribution in [3.05, 3.63) is 103 Å². The highest BCUT2D eigenvalue weighted by atomic mass is 79.9. The van der Waals surface area contributed by atoms with Crippen molar-refractivity contribution in [2.24, 2.45) is 0 Å². The first-order chi connectivity index (χ1) is 17.8. The van der Waals surface area contributed by atoms with Gasteiger partial charge in [-0.3, -0.25) is 14.7 Å². The Balaban J connectivity index is 1.67. The van der Waals surface area contributed by atoms with Crippen LogP contribution in [0.2, 0.25) is 0 Å². The Hall–Kier alpha value is -3.37. The molecule has 0 aliphatic rings. The predicted molar refractivity (Wildman–Crippen MR) is 147 cm³/mol. The maximum atomic E-state index is 11.7. The van der Waals surface area contributed by atoms with Gasteiger partial charge in [0.15, 0.2) is 16.7 Å². The van der Waals surface area contributed by atoms with Crippen LogP contribution in [0.3, 0.4) is 0 Å². The highest BCUT2D eigenvalue weighted by molar-refractivity contribution is 9.10. The normalized spacial score (nSPS) is 11.8. The van der Waals surface area contributed by atoms with Gasteiger partial charge < -0.3 is 9.47 Å². The summed E-state index contributed by atoms with van der Waals surface area (Å²) in [4.78, 5) is 11.3. The third kappa shape index (κ3) is 6.31. The lowest BCUT2D eigenvalue weighted by molar-refractivity contribution is -0.479. The van der Waals surface area contributed by atoms with E-state index in [1.807, 2.05) is 66.9 Å². The average Bonchev–Trinajstić information content (AvgIpc) is 3.24. The molecule has 0 saturated heterocycles. The Labute approximate surface area is 228 Å². The van der Waals surface area contributed by atoms with Crippen molar-refractivity contribution < 1.29 is 14.4 Å². The third-order valence-corrected chi connectivity index (χ3v) is 7.73. The molecule has 1 atom stereocenters. The fourth-order valence-corrected chi connectivity index (χ4v) is 5.58. The van der Waals surface area contributed by atoms with Crippen LogP contribution in [-0.2, 0) is 6.61 Å². The predicted octanol–water partition coefficient (Wildman–Crippen LogP) is 6.65. The van der Waals surface area contributed by atoms with Crippen LogP contribution in [0.15, 0.2) is 70.3 Å². The van der Waals surface area contributed by atoms with Gasteiger partial charge in [-0.1, -0.05) is 48.2 Å². The second kappa shape index (κ2) is 11.8. The maximum absolute atomic E-state index is 11.7. The number of nitro groups is 1. The van der Waals surface area contributed by atoms with E-state index in [-0.39, 0.29) is 11.5 Å².